The normalized spacial score (nSPS) is 15.5. The number of carbonyl (C=O) groups is 1. The van der Waals surface area contributed by atoms with Crippen molar-refractivity contribution in [1.29, 1.82) is 5.26 Å². The third-order valence-corrected chi connectivity index (χ3v) is 6.64. The maximum Gasteiger partial charge on any atom is 0.266 e. The number of aryl methyl sites for hydroxylation is 1. The van der Waals surface area contributed by atoms with Crippen LogP contribution in [0.15, 0.2) is 76.6 Å². The summed E-state index contributed by atoms with van der Waals surface area (Å²) in [6.45, 7) is 2.36. The minimum atomic E-state index is -0.105. The molecule has 6 nitrogen and oxygen atoms in total. The number of amides is 1. The number of nitriles is 1. The van der Waals surface area contributed by atoms with Crippen LogP contribution in [-0.2, 0) is 17.8 Å². The van der Waals surface area contributed by atoms with E-state index in [1.165, 1.54) is 17.3 Å². The molecule has 3 aromatic carbocycles. The highest BCUT2D eigenvalue weighted by Gasteiger charge is 2.30. The Morgan fingerprint density at radius 2 is 1.86 bits per heavy atom. The second-order valence-corrected chi connectivity index (χ2v) is 8.87. The Labute approximate surface area is 209 Å². The third-order valence-electron chi connectivity index (χ3n) is 5.58. The molecule has 0 spiro atoms. The summed E-state index contributed by atoms with van der Waals surface area (Å²) in [5.41, 5.74) is 4.24. The first kappa shape index (κ1) is 24.1. The lowest BCUT2D eigenvalue weighted by atomic mass is 10.1. The van der Waals surface area contributed by atoms with Crippen LogP contribution in [0, 0.1) is 11.3 Å². The molecule has 0 aromatic heterocycles. The molecule has 4 rings (SSSR count). The fourth-order valence-electron chi connectivity index (χ4n) is 3.52. The summed E-state index contributed by atoms with van der Waals surface area (Å²) < 4.78 is 11.4. The number of thioether (sulfide) groups is 1. The first-order valence-corrected chi connectivity index (χ1v) is 12.0. The van der Waals surface area contributed by atoms with E-state index in [-0.39, 0.29) is 12.5 Å². The molecule has 1 fully saturated rings. The Bertz CT molecular complexity index is 1340. The minimum Gasteiger partial charge on any atom is -0.493 e. The monoisotopic (exact) mass is 483 g/mol. The molecule has 0 radical (unpaired) electrons. The number of amidine groups is 1. The number of hydrogen-bond donors (Lipinski definition) is 0. The van der Waals surface area contributed by atoms with Crippen LogP contribution < -0.4 is 9.47 Å². The summed E-state index contributed by atoms with van der Waals surface area (Å²) in [5.74, 6) is 0.997. The number of hydrogen-bond acceptors (Lipinski definition) is 6. The summed E-state index contributed by atoms with van der Waals surface area (Å²) in [5, 5.41) is 9.91. The van der Waals surface area contributed by atoms with Crippen molar-refractivity contribution in [2.75, 3.05) is 14.2 Å². The van der Waals surface area contributed by atoms with Crippen molar-refractivity contribution in [3.05, 3.63) is 93.9 Å². The van der Waals surface area contributed by atoms with E-state index in [1.54, 1.807) is 31.2 Å². The Hall–Kier alpha value is -4.02. The average Bonchev–Trinajstić information content (AvgIpc) is 3.15. The van der Waals surface area contributed by atoms with Crippen LogP contribution in [0.4, 0.5) is 5.69 Å². The van der Waals surface area contributed by atoms with Gasteiger partial charge in [-0.25, -0.2) is 4.99 Å². The quantitative estimate of drug-likeness (QED) is 0.389. The molecule has 0 aliphatic carbocycles. The van der Waals surface area contributed by atoms with Gasteiger partial charge in [-0.1, -0.05) is 43.3 Å². The second-order valence-electron chi connectivity index (χ2n) is 7.86. The molecule has 0 unspecified atom stereocenters. The fraction of sp³-hybridized carbons (Fsp3) is 0.179. The van der Waals surface area contributed by atoms with Gasteiger partial charge in [-0.2, -0.15) is 5.26 Å². The largest absolute Gasteiger partial charge is 0.493 e. The van der Waals surface area contributed by atoms with Crippen molar-refractivity contribution >= 4 is 34.6 Å². The molecule has 176 valence electrons. The number of aliphatic imine (C=N–C) groups is 1. The Morgan fingerprint density at radius 1 is 1.09 bits per heavy atom. The van der Waals surface area contributed by atoms with Crippen LogP contribution in [0.1, 0.15) is 29.2 Å². The molecule has 7 heteroatoms. The molecule has 0 bridgehead atoms. The van der Waals surface area contributed by atoms with Crippen LogP contribution in [0.5, 0.6) is 11.5 Å². The first-order chi connectivity index (χ1) is 17.0. The van der Waals surface area contributed by atoms with E-state index >= 15 is 0 Å². The summed E-state index contributed by atoms with van der Waals surface area (Å²) in [6.07, 6.45) is 2.79. The molecule has 0 atom stereocenters. The Morgan fingerprint density at radius 3 is 2.57 bits per heavy atom. The summed E-state index contributed by atoms with van der Waals surface area (Å²) in [6, 6.07) is 23.0. The van der Waals surface area contributed by atoms with E-state index < -0.39 is 0 Å². The maximum absolute atomic E-state index is 12.8. The lowest BCUT2D eigenvalue weighted by molar-refractivity contribution is -0.121. The highest BCUT2D eigenvalue weighted by molar-refractivity contribution is 8.18. The van der Waals surface area contributed by atoms with Gasteiger partial charge in [0.1, 0.15) is 6.61 Å². The highest BCUT2D eigenvalue weighted by Crippen LogP contribution is 2.35. The number of likely N-dealkylation sites (N-methyl/N-ethyl adjacent to an activating group) is 1. The Balaban J connectivity index is 1.52. The van der Waals surface area contributed by atoms with Crippen molar-refractivity contribution in [2.45, 2.75) is 20.0 Å². The van der Waals surface area contributed by atoms with E-state index in [0.29, 0.717) is 27.1 Å². The van der Waals surface area contributed by atoms with E-state index in [9.17, 15) is 10.1 Å². The van der Waals surface area contributed by atoms with Crippen LogP contribution in [0.3, 0.4) is 0 Å². The third kappa shape index (κ3) is 5.56. The van der Waals surface area contributed by atoms with Crippen molar-refractivity contribution in [1.82, 2.24) is 4.90 Å². The predicted molar refractivity (Wildman–Crippen MR) is 140 cm³/mol. The summed E-state index contributed by atoms with van der Waals surface area (Å²) in [7, 11) is 3.30. The summed E-state index contributed by atoms with van der Waals surface area (Å²) in [4.78, 5) is 19.6. The topological polar surface area (TPSA) is 74.9 Å². The maximum atomic E-state index is 12.8. The van der Waals surface area contributed by atoms with Crippen LogP contribution in [0.2, 0.25) is 0 Å². The second kappa shape index (κ2) is 10.9. The molecule has 1 heterocycles. The fourth-order valence-corrected chi connectivity index (χ4v) is 4.51. The van der Waals surface area contributed by atoms with Gasteiger partial charge < -0.3 is 9.47 Å². The Kier molecular flexibility index (Phi) is 7.54. The summed E-state index contributed by atoms with van der Waals surface area (Å²) >= 11 is 1.34. The number of nitrogens with zero attached hydrogens (tertiary/aromatic N) is 3. The van der Waals surface area contributed by atoms with E-state index in [1.807, 2.05) is 60.7 Å². The molecule has 1 saturated heterocycles. The average molecular weight is 484 g/mol. The highest BCUT2D eigenvalue weighted by atomic mass is 32.2. The SMILES string of the molecule is CCc1ccc(N=C2S/C(=C\c3ccc(OCc4ccccc4C#N)c(OC)c3)C(=O)N2C)cc1. The van der Waals surface area contributed by atoms with Gasteiger partial charge in [0.25, 0.3) is 5.91 Å². The van der Waals surface area contributed by atoms with Crippen molar-refractivity contribution in [3.63, 3.8) is 0 Å². The van der Waals surface area contributed by atoms with Gasteiger partial charge in [-0.15, -0.1) is 0 Å². The van der Waals surface area contributed by atoms with Crippen LogP contribution in [0.25, 0.3) is 6.08 Å². The number of ether oxygens (including phenoxy) is 2. The number of carbonyl (C=O) groups excluding carboxylic acids is 1. The molecular formula is C28H25N3O3S. The molecule has 1 amide bonds. The van der Waals surface area contributed by atoms with Crippen LogP contribution >= 0.6 is 11.8 Å². The minimum absolute atomic E-state index is 0.105. The zero-order valence-corrected chi connectivity index (χ0v) is 20.6. The van der Waals surface area contributed by atoms with Crippen LogP contribution in [-0.4, -0.2) is 30.1 Å². The van der Waals surface area contributed by atoms with E-state index in [2.05, 4.69) is 18.0 Å². The van der Waals surface area contributed by atoms with Gasteiger partial charge >= 0.3 is 0 Å². The van der Waals surface area contributed by atoms with Gasteiger partial charge in [0.2, 0.25) is 0 Å². The zero-order valence-electron chi connectivity index (χ0n) is 19.8. The van der Waals surface area contributed by atoms with Gasteiger partial charge in [0.05, 0.1) is 29.3 Å². The van der Waals surface area contributed by atoms with Crippen molar-refractivity contribution in [2.24, 2.45) is 4.99 Å². The molecule has 0 N–H and O–H groups in total. The first-order valence-electron chi connectivity index (χ1n) is 11.2. The molecule has 3 aromatic rings. The standard InChI is InChI=1S/C28H25N3O3S/c1-4-19-9-12-23(13-10-19)30-28-31(2)27(32)26(35-28)16-20-11-14-24(25(15-20)33-3)34-18-22-8-6-5-7-21(22)17-29/h5-16H,4,18H2,1-3H3/b26-16-,30-28?. The molecule has 35 heavy (non-hydrogen) atoms. The van der Waals surface area contributed by atoms with Crippen molar-refractivity contribution in [3.8, 4) is 17.6 Å². The van der Waals surface area contributed by atoms with E-state index in [0.717, 1.165) is 23.2 Å². The van der Waals surface area contributed by atoms with E-state index in [4.69, 9.17) is 9.47 Å². The number of benzene rings is 3. The van der Waals surface area contributed by atoms with Gasteiger partial charge in [0, 0.05) is 12.6 Å². The number of rotatable bonds is 7. The molecule has 0 saturated carbocycles. The zero-order chi connectivity index (χ0) is 24.8. The molecule has 1 aliphatic rings. The van der Waals surface area contributed by atoms with Gasteiger partial charge in [0.15, 0.2) is 16.7 Å². The number of methoxy groups -OCH3 is 1. The lowest BCUT2D eigenvalue weighted by Crippen LogP contribution is -2.23. The van der Waals surface area contributed by atoms with Gasteiger partial charge in [-0.05, 0) is 65.7 Å². The van der Waals surface area contributed by atoms with Gasteiger partial charge in [-0.3, -0.25) is 9.69 Å². The molecular weight excluding hydrogens is 458 g/mol. The predicted octanol–water partition coefficient (Wildman–Crippen LogP) is 5.94. The lowest BCUT2D eigenvalue weighted by Gasteiger charge is -2.12. The smallest absolute Gasteiger partial charge is 0.266 e. The van der Waals surface area contributed by atoms with Crippen molar-refractivity contribution < 1.29 is 14.3 Å². The molecule has 1 aliphatic heterocycles.